The Morgan fingerprint density at radius 1 is 0.885 bits per heavy atom. The Bertz CT molecular complexity index is 612. The van der Waals surface area contributed by atoms with Crippen molar-refractivity contribution < 1.29 is 4.79 Å². The van der Waals surface area contributed by atoms with E-state index in [0.717, 1.165) is 50.4 Å². The van der Waals surface area contributed by atoms with Crippen molar-refractivity contribution in [1.82, 2.24) is 9.80 Å². The van der Waals surface area contributed by atoms with Crippen LogP contribution in [0.2, 0.25) is 0 Å². The molecular formula is C23H32N2O. The summed E-state index contributed by atoms with van der Waals surface area (Å²) in [6, 6.07) is 10.4. The minimum absolute atomic E-state index is 0.346. The van der Waals surface area contributed by atoms with Crippen molar-refractivity contribution in [3.63, 3.8) is 0 Å². The Morgan fingerprint density at radius 3 is 2.04 bits per heavy atom. The SMILES string of the molecule is O=C(CCc1ccccc1)N1CCN(C23CC4CC(CC(C4)C2)C3)CC1. The molecule has 5 aliphatic rings. The number of hydrogen-bond donors (Lipinski definition) is 0. The van der Waals surface area contributed by atoms with Gasteiger partial charge in [0.2, 0.25) is 5.91 Å². The largest absolute Gasteiger partial charge is 0.340 e. The molecule has 0 spiro atoms. The predicted octanol–water partition coefficient (Wildman–Crippen LogP) is 3.73. The summed E-state index contributed by atoms with van der Waals surface area (Å²) < 4.78 is 0. The maximum absolute atomic E-state index is 12.6. The molecule has 0 N–H and O–H groups in total. The first-order valence-electron chi connectivity index (χ1n) is 10.8. The molecule has 1 aromatic carbocycles. The fraction of sp³-hybridized carbons (Fsp3) is 0.696. The second-order valence-electron chi connectivity index (χ2n) is 9.50. The van der Waals surface area contributed by atoms with E-state index < -0.39 is 0 Å². The highest BCUT2D eigenvalue weighted by molar-refractivity contribution is 5.76. The van der Waals surface area contributed by atoms with E-state index in [0.29, 0.717) is 17.9 Å². The maximum Gasteiger partial charge on any atom is 0.222 e. The van der Waals surface area contributed by atoms with Crippen molar-refractivity contribution in [3.8, 4) is 0 Å². The van der Waals surface area contributed by atoms with Crippen LogP contribution in [0.1, 0.15) is 50.5 Å². The van der Waals surface area contributed by atoms with Gasteiger partial charge in [-0.15, -0.1) is 0 Å². The molecular weight excluding hydrogens is 320 g/mol. The number of nitrogens with zero attached hydrogens (tertiary/aromatic N) is 2. The van der Waals surface area contributed by atoms with Crippen molar-refractivity contribution in [2.75, 3.05) is 26.2 Å². The first-order valence-corrected chi connectivity index (χ1v) is 10.8. The summed E-state index contributed by atoms with van der Waals surface area (Å²) in [6.45, 7) is 4.08. The van der Waals surface area contributed by atoms with Gasteiger partial charge in [0, 0.05) is 38.1 Å². The summed E-state index contributed by atoms with van der Waals surface area (Å²) in [7, 11) is 0. The van der Waals surface area contributed by atoms with Crippen LogP contribution in [0, 0.1) is 17.8 Å². The average molecular weight is 353 g/mol. The van der Waals surface area contributed by atoms with Gasteiger partial charge in [-0.25, -0.2) is 0 Å². The Hall–Kier alpha value is -1.35. The molecule has 3 heteroatoms. The third-order valence-corrected chi connectivity index (χ3v) is 7.78. The van der Waals surface area contributed by atoms with Crippen LogP contribution in [0.4, 0.5) is 0 Å². The van der Waals surface area contributed by atoms with Crippen LogP contribution in [0.3, 0.4) is 0 Å². The van der Waals surface area contributed by atoms with Crippen molar-refractivity contribution in [1.29, 1.82) is 0 Å². The van der Waals surface area contributed by atoms with E-state index in [9.17, 15) is 4.79 Å². The van der Waals surface area contributed by atoms with Gasteiger partial charge in [0.25, 0.3) is 0 Å². The number of hydrogen-bond acceptors (Lipinski definition) is 2. The molecule has 1 saturated heterocycles. The van der Waals surface area contributed by atoms with E-state index in [-0.39, 0.29) is 0 Å². The van der Waals surface area contributed by atoms with Crippen molar-refractivity contribution in [2.24, 2.45) is 17.8 Å². The minimum Gasteiger partial charge on any atom is -0.340 e. The number of carbonyl (C=O) groups is 1. The molecule has 0 radical (unpaired) electrons. The molecule has 1 amide bonds. The topological polar surface area (TPSA) is 23.6 Å². The van der Waals surface area contributed by atoms with Crippen molar-refractivity contribution >= 4 is 5.91 Å². The zero-order valence-corrected chi connectivity index (χ0v) is 15.9. The number of benzene rings is 1. The summed E-state index contributed by atoms with van der Waals surface area (Å²) in [6.07, 6.45) is 10.4. The molecule has 4 aliphatic carbocycles. The Morgan fingerprint density at radius 2 is 1.46 bits per heavy atom. The van der Waals surface area contributed by atoms with Crippen LogP contribution in [0.5, 0.6) is 0 Å². The van der Waals surface area contributed by atoms with E-state index in [1.54, 1.807) is 0 Å². The Kier molecular flexibility index (Phi) is 4.31. The van der Waals surface area contributed by atoms with E-state index in [4.69, 9.17) is 0 Å². The molecule has 3 nitrogen and oxygen atoms in total. The van der Waals surface area contributed by atoms with Gasteiger partial charge in [0.15, 0.2) is 0 Å². The zero-order chi connectivity index (χ0) is 17.6. The lowest BCUT2D eigenvalue weighted by atomic mass is 9.52. The summed E-state index contributed by atoms with van der Waals surface area (Å²) in [5, 5.41) is 0. The Balaban J connectivity index is 1.16. The van der Waals surface area contributed by atoms with Crippen LogP contribution in [0.15, 0.2) is 30.3 Å². The lowest BCUT2D eigenvalue weighted by Gasteiger charge is -2.61. The number of aryl methyl sites for hydroxylation is 1. The molecule has 0 aromatic heterocycles. The van der Waals surface area contributed by atoms with Gasteiger partial charge in [-0.05, 0) is 68.3 Å². The molecule has 6 rings (SSSR count). The smallest absolute Gasteiger partial charge is 0.222 e. The molecule has 26 heavy (non-hydrogen) atoms. The van der Waals surface area contributed by atoms with Gasteiger partial charge in [0.05, 0.1) is 0 Å². The maximum atomic E-state index is 12.6. The summed E-state index contributed by atoms with van der Waals surface area (Å²) in [4.78, 5) is 17.6. The summed E-state index contributed by atoms with van der Waals surface area (Å²) in [5.74, 6) is 3.37. The third kappa shape index (κ3) is 3.09. The second-order valence-corrected chi connectivity index (χ2v) is 9.50. The van der Waals surface area contributed by atoms with Crippen LogP contribution >= 0.6 is 0 Å². The quantitative estimate of drug-likeness (QED) is 0.824. The van der Waals surface area contributed by atoms with Crippen molar-refractivity contribution in [2.45, 2.75) is 56.9 Å². The lowest BCUT2D eigenvalue weighted by Crippen LogP contribution is -2.64. The third-order valence-electron chi connectivity index (χ3n) is 7.78. The second kappa shape index (κ2) is 6.67. The number of carbonyl (C=O) groups excluding carboxylic acids is 1. The normalized spacial score (nSPS) is 36.5. The van der Waals surface area contributed by atoms with Gasteiger partial charge >= 0.3 is 0 Å². The van der Waals surface area contributed by atoms with Crippen LogP contribution in [-0.2, 0) is 11.2 Å². The lowest BCUT2D eigenvalue weighted by molar-refractivity contribution is -0.138. The molecule has 4 saturated carbocycles. The number of piperazine rings is 1. The van der Waals surface area contributed by atoms with Crippen molar-refractivity contribution in [3.05, 3.63) is 35.9 Å². The first kappa shape index (κ1) is 16.8. The van der Waals surface area contributed by atoms with Gasteiger partial charge in [-0.1, -0.05) is 30.3 Å². The average Bonchev–Trinajstić information content (AvgIpc) is 2.66. The number of rotatable bonds is 4. The summed E-state index contributed by atoms with van der Waals surface area (Å²) >= 11 is 0. The van der Waals surface area contributed by atoms with Crippen LogP contribution < -0.4 is 0 Å². The van der Waals surface area contributed by atoms with Gasteiger partial charge in [-0.3, -0.25) is 9.69 Å². The Labute approximate surface area is 157 Å². The molecule has 0 atom stereocenters. The molecule has 1 aliphatic heterocycles. The van der Waals surface area contributed by atoms with Gasteiger partial charge < -0.3 is 4.90 Å². The van der Waals surface area contributed by atoms with Crippen LogP contribution in [0.25, 0.3) is 0 Å². The highest BCUT2D eigenvalue weighted by atomic mass is 16.2. The fourth-order valence-corrected chi connectivity index (χ4v) is 6.94. The minimum atomic E-state index is 0.346. The number of amides is 1. The van der Waals surface area contributed by atoms with E-state index in [1.165, 1.54) is 44.1 Å². The fourth-order valence-electron chi connectivity index (χ4n) is 6.94. The standard InChI is InChI=1S/C23H32N2O/c26-22(7-6-18-4-2-1-3-5-18)24-8-10-25(11-9-24)23-15-19-12-20(16-23)14-21(13-19)17-23/h1-5,19-21H,6-17H2. The molecule has 1 heterocycles. The van der Waals surface area contributed by atoms with E-state index in [2.05, 4.69) is 34.1 Å². The molecule has 1 aromatic rings. The first-order chi connectivity index (χ1) is 12.7. The zero-order valence-electron chi connectivity index (χ0n) is 15.9. The van der Waals surface area contributed by atoms with Gasteiger partial charge in [-0.2, -0.15) is 0 Å². The molecule has 4 bridgehead atoms. The van der Waals surface area contributed by atoms with E-state index >= 15 is 0 Å². The molecule has 0 unspecified atom stereocenters. The highest BCUT2D eigenvalue weighted by Crippen LogP contribution is 2.57. The molecule has 140 valence electrons. The monoisotopic (exact) mass is 352 g/mol. The predicted molar refractivity (Wildman–Crippen MR) is 104 cm³/mol. The molecule has 5 fully saturated rings. The van der Waals surface area contributed by atoms with Crippen LogP contribution in [-0.4, -0.2) is 47.4 Å². The highest BCUT2D eigenvalue weighted by Gasteiger charge is 2.53. The summed E-state index contributed by atoms with van der Waals surface area (Å²) in [5.41, 5.74) is 1.78. The van der Waals surface area contributed by atoms with E-state index in [1.807, 2.05) is 6.07 Å². The van der Waals surface area contributed by atoms with Gasteiger partial charge in [0.1, 0.15) is 0 Å².